The van der Waals surface area contributed by atoms with Crippen LogP contribution < -0.4 is 0 Å². The van der Waals surface area contributed by atoms with Gasteiger partial charge >= 0.3 is 0 Å². The van der Waals surface area contributed by atoms with Crippen molar-refractivity contribution in [2.75, 3.05) is 13.2 Å². The zero-order valence-electron chi connectivity index (χ0n) is 10.8. The zero-order chi connectivity index (χ0) is 11.7. The van der Waals surface area contributed by atoms with Crippen LogP contribution in [0.25, 0.3) is 0 Å². The fraction of sp³-hybridized carbons (Fsp3) is 1.00. The molecular formula is C10H24O3Si2. The highest BCUT2D eigenvalue weighted by Gasteiger charge is 2.36. The monoisotopic (exact) mass is 248 g/mol. The second kappa shape index (κ2) is 4.67. The third-order valence-electron chi connectivity index (χ3n) is 1.99. The largest absolute Gasteiger partial charge is 0.410 e. The molecule has 1 heterocycles. The first-order valence-electron chi connectivity index (χ1n) is 5.61. The Labute approximate surface area is 95.4 Å². The summed E-state index contributed by atoms with van der Waals surface area (Å²) in [5.41, 5.74) is 0. The highest BCUT2D eigenvalue weighted by molar-refractivity contribution is 6.70. The molecule has 0 aromatic rings. The van der Waals surface area contributed by atoms with Gasteiger partial charge in [0.25, 0.3) is 0 Å². The molecule has 1 saturated heterocycles. The summed E-state index contributed by atoms with van der Waals surface area (Å²) >= 11 is 0. The van der Waals surface area contributed by atoms with E-state index < -0.39 is 16.6 Å². The van der Waals surface area contributed by atoms with E-state index in [9.17, 15) is 0 Å². The molecule has 3 nitrogen and oxygen atoms in total. The number of hydrogen-bond acceptors (Lipinski definition) is 3. The van der Waals surface area contributed by atoms with E-state index in [1.54, 1.807) is 0 Å². The second-order valence-corrected chi connectivity index (χ2v) is 15.0. The van der Waals surface area contributed by atoms with Crippen LogP contribution in [0.2, 0.25) is 39.3 Å². The van der Waals surface area contributed by atoms with Crippen molar-refractivity contribution < 1.29 is 13.6 Å². The van der Waals surface area contributed by atoms with Gasteiger partial charge in [0.05, 0.1) is 25.4 Å². The summed E-state index contributed by atoms with van der Waals surface area (Å²) < 4.78 is 17.6. The summed E-state index contributed by atoms with van der Waals surface area (Å²) in [4.78, 5) is 0. The molecule has 0 aliphatic carbocycles. The predicted molar refractivity (Wildman–Crippen MR) is 67.3 cm³/mol. The predicted octanol–water partition coefficient (Wildman–Crippen LogP) is 2.46. The van der Waals surface area contributed by atoms with Crippen molar-refractivity contribution in [2.24, 2.45) is 0 Å². The number of hydrogen-bond donors (Lipinski definition) is 0. The lowest BCUT2D eigenvalue weighted by molar-refractivity contribution is 0.0813. The Bertz CT molecular complexity index is 186. The first kappa shape index (κ1) is 13.4. The minimum atomic E-state index is -1.48. The van der Waals surface area contributed by atoms with E-state index in [0.29, 0.717) is 13.2 Å². The lowest BCUT2D eigenvalue weighted by Gasteiger charge is -2.30. The van der Waals surface area contributed by atoms with Crippen molar-refractivity contribution in [1.29, 1.82) is 0 Å². The minimum Gasteiger partial charge on any atom is -0.410 e. The quantitative estimate of drug-likeness (QED) is 0.715. The summed E-state index contributed by atoms with van der Waals surface area (Å²) in [6.07, 6.45) is 0.312. The van der Waals surface area contributed by atoms with E-state index in [0.717, 1.165) is 0 Å². The minimum absolute atomic E-state index is 0.156. The Morgan fingerprint density at radius 1 is 0.800 bits per heavy atom. The lowest BCUT2D eigenvalue weighted by Crippen LogP contribution is -2.43. The van der Waals surface area contributed by atoms with Crippen LogP contribution in [0.3, 0.4) is 0 Å². The van der Waals surface area contributed by atoms with E-state index >= 15 is 0 Å². The van der Waals surface area contributed by atoms with Gasteiger partial charge < -0.3 is 13.6 Å². The van der Waals surface area contributed by atoms with Gasteiger partial charge in [-0.05, 0) is 39.3 Å². The van der Waals surface area contributed by atoms with Gasteiger partial charge in [-0.15, -0.1) is 0 Å². The summed E-state index contributed by atoms with van der Waals surface area (Å²) in [7, 11) is -2.97. The molecule has 2 atom stereocenters. The summed E-state index contributed by atoms with van der Waals surface area (Å²) in [6, 6.07) is 0. The van der Waals surface area contributed by atoms with Crippen LogP contribution in [0.5, 0.6) is 0 Å². The van der Waals surface area contributed by atoms with Crippen molar-refractivity contribution in [3.8, 4) is 0 Å². The molecule has 0 saturated carbocycles. The zero-order valence-corrected chi connectivity index (χ0v) is 12.8. The van der Waals surface area contributed by atoms with Gasteiger partial charge in [0.2, 0.25) is 0 Å². The van der Waals surface area contributed by atoms with Gasteiger partial charge in [-0.3, -0.25) is 0 Å². The second-order valence-electron chi connectivity index (χ2n) is 6.07. The molecule has 0 amide bonds. The van der Waals surface area contributed by atoms with Crippen LogP contribution in [0, 0.1) is 0 Å². The van der Waals surface area contributed by atoms with Crippen LogP contribution in [0.1, 0.15) is 0 Å². The maximum Gasteiger partial charge on any atom is 0.184 e. The Hall–Kier alpha value is 0.314. The molecule has 15 heavy (non-hydrogen) atoms. The molecule has 0 spiro atoms. The average Bonchev–Trinajstić information content (AvgIpc) is 2.29. The molecule has 0 N–H and O–H groups in total. The Morgan fingerprint density at radius 2 is 1.13 bits per heavy atom. The van der Waals surface area contributed by atoms with Crippen molar-refractivity contribution in [1.82, 2.24) is 0 Å². The fourth-order valence-electron chi connectivity index (χ4n) is 1.64. The fourth-order valence-corrected chi connectivity index (χ4v) is 3.90. The first-order chi connectivity index (χ1) is 6.67. The highest BCUT2D eigenvalue weighted by atomic mass is 28.4. The van der Waals surface area contributed by atoms with Gasteiger partial charge in [-0.25, -0.2) is 0 Å². The number of ether oxygens (including phenoxy) is 1. The molecule has 90 valence electrons. The van der Waals surface area contributed by atoms with Crippen molar-refractivity contribution >= 4 is 16.6 Å². The lowest BCUT2D eigenvalue weighted by atomic mass is 10.3. The Morgan fingerprint density at radius 3 is 1.40 bits per heavy atom. The molecule has 0 aromatic carbocycles. The van der Waals surface area contributed by atoms with Crippen molar-refractivity contribution in [3.05, 3.63) is 0 Å². The summed E-state index contributed by atoms with van der Waals surface area (Å²) in [5, 5.41) is 0. The van der Waals surface area contributed by atoms with E-state index in [1.807, 2.05) is 0 Å². The smallest absolute Gasteiger partial charge is 0.184 e. The van der Waals surface area contributed by atoms with E-state index in [1.165, 1.54) is 0 Å². The van der Waals surface area contributed by atoms with Crippen LogP contribution in [-0.2, 0) is 13.6 Å². The maximum atomic E-state index is 6.07. The summed E-state index contributed by atoms with van der Waals surface area (Å²) in [6.45, 7) is 14.6. The molecule has 1 aliphatic heterocycles. The summed E-state index contributed by atoms with van der Waals surface area (Å²) in [5.74, 6) is 0. The van der Waals surface area contributed by atoms with Crippen molar-refractivity contribution in [3.63, 3.8) is 0 Å². The van der Waals surface area contributed by atoms with Gasteiger partial charge in [-0.2, -0.15) is 0 Å². The van der Waals surface area contributed by atoms with Crippen LogP contribution >= 0.6 is 0 Å². The van der Waals surface area contributed by atoms with Crippen molar-refractivity contribution in [2.45, 2.75) is 51.5 Å². The molecule has 0 unspecified atom stereocenters. The van der Waals surface area contributed by atoms with Crippen LogP contribution in [0.15, 0.2) is 0 Å². The highest BCUT2D eigenvalue weighted by Crippen LogP contribution is 2.21. The van der Waals surface area contributed by atoms with Gasteiger partial charge in [0.15, 0.2) is 16.6 Å². The Kier molecular flexibility index (Phi) is 4.16. The molecule has 0 radical (unpaired) electrons. The average molecular weight is 248 g/mol. The first-order valence-corrected chi connectivity index (χ1v) is 12.4. The third kappa shape index (κ3) is 5.26. The molecule has 5 heteroatoms. The molecular weight excluding hydrogens is 224 g/mol. The third-order valence-corrected chi connectivity index (χ3v) is 4.01. The van der Waals surface area contributed by atoms with Gasteiger partial charge in [0, 0.05) is 0 Å². The maximum absolute atomic E-state index is 6.07. The normalized spacial score (nSPS) is 28.4. The molecule has 0 aromatic heterocycles. The van der Waals surface area contributed by atoms with Crippen LogP contribution in [-0.4, -0.2) is 42.1 Å². The standard InChI is InChI=1S/C10H24O3Si2/c1-14(2,3)12-9-7-11-8-10(9)13-15(4,5)6/h9-10H,7-8H2,1-6H3/t9-,10-/m1/s1. The molecule has 1 fully saturated rings. The Balaban J connectivity index is 2.50. The number of rotatable bonds is 4. The molecule has 1 aliphatic rings. The van der Waals surface area contributed by atoms with E-state index in [2.05, 4.69) is 39.3 Å². The molecule has 0 bridgehead atoms. The topological polar surface area (TPSA) is 27.7 Å². The SMILES string of the molecule is C[Si](C)(C)O[C@@H]1COC[C@H]1O[Si](C)(C)C. The van der Waals surface area contributed by atoms with E-state index in [4.69, 9.17) is 13.6 Å². The van der Waals surface area contributed by atoms with Gasteiger partial charge in [-0.1, -0.05) is 0 Å². The van der Waals surface area contributed by atoms with Gasteiger partial charge in [0.1, 0.15) is 0 Å². The van der Waals surface area contributed by atoms with Crippen LogP contribution in [0.4, 0.5) is 0 Å². The molecule has 1 rings (SSSR count). The van der Waals surface area contributed by atoms with E-state index in [-0.39, 0.29) is 12.2 Å².